The fourth-order valence-corrected chi connectivity index (χ4v) is 3.86. The summed E-state index contributed by atoms with van der Waals surface area (Å²) in [6.45, 7) is 10.1. The van der Waals surface area contributed by atoms with Gasteiger partial charge < -0.3 is 15.2 Å². The van der Waals surface area contributed by atoms with Gasteiger partial charge in [0.05, 0.1) is 12.0 Å². The van der Waals surface area contributed by atoms with E-state index in [-0.39, 0.29) is 11.7 Å². The summed E-state index contributed by atoms with van der Waals surface area (Å²) in [6, 6.07) is 9.83. The van der Waals surface area contributed by atoms with Crippen molar-refractivity contribution in [1.29, 1.82) is 0 Å². The molecule has 26 heavy (non-hydrogen) atoms. The predicted octanol–water partition coefficient (Wildman–Crippen LogP) is 3.98. The molecule has 1 heterocycles. The van der Waals surface area contributed by atoms with Gasteiger partial charge in [0.2, 0.25) is 0 Å². The number of carbonyl (C=O) groups excluding carboxylic acids is 1. The van der Waals surface area contributed by atoms with Gasteiger partial charge in [0.15, 0.2) is 11.5 Å². The number of methoxy groups -OCH3 is 1. The number of thiophene rings is 1. The van der Waals surface area contributed by atoms with Crippen LogP contribution in [0.4, 0.5) is 0 Å². The van der Waals surface area contributed by atoms with Crippen molar-refractivity contribution in [2.24, 2.45) is 0 Å². The minimum absolute atomic E-state index is 0.0561. The van der Waals surface area contributed by atoms with Gasteiger partial charge in [-0.3, -0.25) is 9.69 Å². The SMILES string of the molecule is COc1cc(-c2ccc(C(=O)NCCN(C(C)C)C(C)C)s2)ccc1O. The molecular formula is C20H28N2O3S. The summed E-state index contributed by atoms with van der Waals surface area (Å²) in [6.07, 6.45) is 0. The van der Waals surface area contributed by atoms with Crippen LogP contribution in [0, 0.1) is 0 Å². The molecule has 0 aliphatic rings. The summed E-state index contributed by atoms with van der Waals surface area (Å²) in [7, 11) is 1.52. The molecule has 6 heteroatoms. The lowest BCUT2D eigenvalue weighted by Crippen LogP contribution is -2.42. The van der Waals surface area contributed by atoms with E-state index in [9.17, 15) is 9.90 Å². The van der Waals surface area contributed by atoms with E-state index in [0.717, 1.165) is 17.0 Å². The number of hydrogen-bond acceptors (Lipinski definition) is 5. The highest BCUT2D eigenvalue weighted by atomic mass is 32.1. The predicted molar refractivity (Wildman–Crippen MR) is 107 cm³/mol. The van der Waals surface area contributed by atoms with Crippen LogP contribution in [-0.4, -0.2) is 48.2 Å². The van der Waals surface area contributed by atoms with Crippen LogP contribution >= 0.6 is 11.3 Å². The zero-order valence-electron chi connectivity index (χ0n) is 16.1. The third-order valence-electron chi connectivity index (χ3n) is 4.28. The number of amides is 1. The number of benzene rings is 1. The lowest BCUT2D eigenvalue weighted by atomic mass is 10.1. The van der Waals surface area contributed by atoms with E-state index >= 15 is 0 Å². The number of phenols is 1. The smallest absolute Gasteiger partial charge is 0.261 e. The Morgan fingerprint density at radius 3 is 2.50 bits per heavy atom. The molecule has 2 rings (SSSR count). The van der Waals surface area contributed by atoms with Crippen LogP contribution in [0.3, 0.4) is 0 Å². The number of nitrogens with zero attached hydrogens (tertiary/aromatic N) is 1. The molecule has 1 aromatic heterocycles. The van der Waals surface area contributed by atoms with Gasteiger partial charge in [0, 0.05) is 30.1 Å². The van der Waals surface area contributed by atoms with E-state index in [1.54, 1.807) is 12.1 Å². The zero-order chi connectivity index (χ0) is 19.3. The molecule has 0 unspecified atom stereocenters. The maximum atomic E-state index is 12.4. The maximum absolute atomic E-state index is 12.4. The Kier molecular flexibility index (Phi) is 7.06. The quantitative estimate of drug-likeness (QED) is 0.732. The lowest BCUT2D eigenvalue weighted by Gasteiger charge is -2.30. The molecule has 0 fully saturated rings. The highest BCUT2D eigenvalue weighted by molar-refractivity contribution is 7.17. The molecule has 0 bridgehead atoms. The number of rotatable bonds is 8. The monoisotopic (exact) mass is 376 g/mol. The number of ether oxygens (including phenoxy) is 1. The molecule has 0 spiro atoms. The van der Waals surface area contributed by atoms with Crippen LogP contribution in [0.2, 0.25) is 0 Å². The summed E-state index contributed by atoms with van der Waals surface area (Å²) >= 11 is 1.43. The first-order chi connectivity index (χ1) is 12.3. The van der Waals surface area contributed by atoms with E-state index in [1.165, 1.54) is 18.4 Å². The largest absolute Gasteiger partial charge is 0.504 e. The average Bonchev–Trinajstić information content (AvgIpc) is 3.08. The van der Waals surface area contributed by atoms with Gasteiger partial charge in [-0.25, -0.2) is 0 Å². The summed E-state index contributed by atoms with van der Waals surface area (Å²) in [5, 5.41) is 12.7. The van der Waals surface area contributed by atoms with Crippen molar-refractivity contribution in [3.05, 3.63) is 35.2 Å². The summed E-state index contributed by atoms with van der Waals surface area (Å²) in [4.78, 5) is 16.4. The van der Waals surface area contributed by atoms with Crippen molar-refractivity contribution in [3.63, 3.8) is 0 Å². The number of aromatic hydroxyl groups is 1. The van der Waals surface area contributed by atoms with Crippen molar-refractivity contribution >= 4 is 17.2 Å². The average molecular weight is 377 g/mol. The first-order valence-corrected chi connectivity index (χ1v) is 9.66. The fraction of sp³-hybridized carbons (Fsp3) is 0.450. The van der Waals surface area contributed by atoms with Crippen LogP contribution in [0.1, 0.15) is 37.4 Å². The van der Waals surface area contributed by atoms with Crippen LogP contribution in [0.5, 0.6) is 11.5 Å². The number of nitrogens with one attached hydrogen (secondary N) is 1. The normalized spacial score (nSPS) is 11.4. The minimum atomic E-state index is -0.0561. The van der Waals surface area contributed by atoms with E-state index in [4.69, 9.17) is 4.74 Å². The Bertz CT molecular complexity index is 732. The molecule has 2 N–H and O–H groups in total. The molecule has 0 saturated heterocycles. The second-order valence-electron chi connectivity index (χ2n) is 6.73. The fourth-order valence-electron chi connectivity index (χ4n) is 2.94. The van der Waals surface area contributed by atoms with Crippen molar-refractivity contribution in [1.82, 2.24) is 10.2 Å². The molecular weight excluding hydrogens is 348 g/mol. The van der Waals surface area contributed by atoms with Crippen molar-refractivity contribution in [2.45, 2.75) is 39.8 Å². The Labute approximate surface area is 159 Å². The highest BCUT2D eigenvalue weighted by Crippen LogP contribution is 2.34. The van der Waals surface area contributed by atoms with Crippen molar-refractivity contribution < 1.29 is 14.6 Å². The second kappa shape index (κ2) is 9.05. The molecule has 0 atom stereocenters. The molecule has 1 amide bonds. The van der Waals surface area contributed by atoms with E-state index in [1.807, 2.05) is 18.2 Å². The van der Waals surface area contributed by atoms with Gasteiger partial charge in [-0.05, 0) is 63.6 Å². The van der Waals surface area contributed by atoms with Crippen LogP contribution in [0.15, 0.2) is 30.3 Å². The highest BCUT2D eigenvalue weighted by Gasteiger charge is 2.15. The van der Waals surface area contributed by atoms with E-state index in [2.05, 4.69) is 37.9 Å². The van der Waals surface area contributed by atoms with E-state index in [0.29, 0.717) is 29.3 Å². The Hall–Kier alpha value is -2.05. The summed E-state index contributed by atoms with van der Waals surface area (Å²) in [5.74, 6) is 0.467. The third-order valence-corrected chi connectivity index (χ3v) is 5.41. The third kappa shape index (κ3) is 4.99. The zero-order valence-corrected chi connectivity index (χ0v) is 16.9. The Morgan fingerprint density at radius 2 is 1.88 bits per heavy atom. The number of carbonyl (C=O) groups is 1. The molecule has 0 aliphatic carbocycles. The van der Waals surface area contributed by atoms with Gasteiger partial charge in [0.25, 0.3) is 5.91 Å². The first kappa shape index (κ1) is 20.3. The number of phenolic OH excluding ortho intramolecular Hbond substituents is 1. The Morgan fingerprint density at radius 1 is 1.19 bits per heavy atom. The molecule has 0 radical (unpaired) electrons. The Balaban J connectivity index is 1.99. The van der Waals surface area contributed by atoms with Gasteiger partial charge in [0.1, 0.15) is 0 Å². The van der Waals surface area contributed by atoms with Crippen LogP contribution in [-0.2, 0) is 0 Å². The summed E-state index contributed by atoms with van der Waals surface area (Å²) in [5.41, 5.74) is 0.912. The van der Waals surface area contributed by atoms with Crippen molar-refractivity contribution in [2.75, 3.05) is 20.2 Å². The van der Waals surface area contributed by atoms with Gasteiger partial charge in [-0.15, -0.1) is 11.3 Å². The van der Waals surface area contributed by atoms with Gasteiger partial charge >= 0.3 is 0 Å². The lowest BCUT2D eigenvalue weighted by molar-refractivity contribution is 0.0943. The van der Waals surface area contributed by atoms with E-state index < -0.39 is 0 Å². The molecule has 2 aromatic rings. The molecule has 142 valence electrons. The summed E-state index contributed by atoms with van der Waals surface area (Å²) < 4.78 is 5.15. The van der Waals surface area contributed by atoms with Crippen LogP contribution < -0.4 is 10.1 Å². The van der Waals surface area contributed by atoms with Crippen LogP contribution in [0.25, 0.3) is 10.4 Å². The first-order valence-electron chi connectivity index (χ1n) is 8.84. The molecule has 1 aromatic carbocycles. The second-order valence-corrected chi connectivity index (χ2v) is 7.82. The number of hydrogen-bond donors (Lipinski definition) is 2. The molecule has 0 aliphatic heterocycles. The maximum Gasteiger partial charge on any atom is 0.261 e. The van der Waals surface area contributed by atoms with Gasteiger partial charge in [-0.1, -0.05) is 0 Å². The molecule has 5 nitrogen and oxygen atoms in total. The topological polar surface area (TPSA) is 61.8 Å². The minimum Gasteiger partial charge on any atom is -0.504 e. The standard InChI is InChI=1S/C20H28N2O3S/c1-13(2)22(14(3)4)11-10-21-20(24)19-9-8-18(26-19)15-6-7-16(23)17(12-15)25-5/h6-9,12-14,23H,10-11H2,1-5H3,(H,21,24). The van der Waals surface area contributed by atoms with Crippen molar-refractivity contribution in [3.8, 4) is 21.9 Å². The molecule has 0 saturated carbocycles. The van der Waals surface area contributed by atoms with Gasteiger partial charge in [-0.2, -0.15) is 0 Å².